The van der Waals surface area contributed by atoms with E-state index in [2.05, 4.69) is 0 Å². The number of hydrogen-bond acceptors (Lipinski definition) is 4. The van der Waals surface area contributed by atoms with Crippen molar-refractivity contribution in [1.29, 1.82) is 5.26 Å². The molecule has 0 aliphatic carbocycles. The molecular weight excluding hydrogens is 201 g/mol. The molecule has 2 unspecified atom stereocenters. The lowest BCUT2D eigenvalue weighted by atomic mass is 10.00. The number of aldehydes is 1. The SMILES string of the molecule is N#CC(O)C(O)c1ccc(F)cc1C=O. The molecule has 2 atom stereocenters. The summed E-state index contributed by atoms with van der Waals surface area (Å²) in [7, 11) is 0. The molecule has 0 heterocycles. The van der Waals surface area contributed by atoms with Crippen LogP contribution in [0.15, 0.2) is 18.2 Å². The summed E-state index contributed by atoms with van der Waals surface area (Å²) in [6, 6.07) is 4.55. The highest BCUT2D eigenvalue weighted by Crippen LogP contribution is 2.20. The standard InChI is InChI=1S/C10H8FNO3/c11-7-1-2-8(6(3-7)5-13)10(15)9(14)4-12/h1-3,5,9-10,14-15H. The maximum atomic E-state index is 12.7. The minimum absolute atomic E-state index is 0.0282. The van der Waals surface area contributed by atoms with Gasteiger partial charge >= 0.3 is 0 Å². The number of rotatable bonds is 3. The Balaban J connectivity index is 3.14. The van der Waals surface area contributed by atoms with Crippen molar-refractivity contribution >= 4 is 6.29 Å². The predicted octanol–water partition coefficient (Wildman–Crippen LogP) is 0.556. The van der Waals surface area contributed by atoms with E-state index in [9.17, 15) is 14.3 Å². The smallest absolute Gasteiger partial charge is 0.170 e. The number of benzene rings is 1. The lowest BCUT2D eigenvalue weighted by Gasteiger charge is -2.13. The fourth-order valence-electron chi connectivity index (χ4n) is 1.16. The van der Waals surface area contributed by atoms with Crippen LogP contribution in [0.25, 0.3) is 0 Å². The summed E-state index contributed by atoms with van der Waals surface area (Å²) in [5.41, 5.74) is -0.0581. The Morgan fingerprint density at radius 1 is 1.47 bits per heavy atom. The largest absolute Gasteiger partial charge is 0.385 e. The van der Waals surface area contributed by atoms with E-state index in [4.69, 9.17) is 10.4 Å². The van der Waals surface area contributed by atoms with E-state index in [1.54, 1.807) is 0 Å². The van der Waals surface area contributed by atoms with Crippen molar-refractivity contribution in [2.75, 3.05) is 0 Å². The third kappa shape index (κ3) is 2.37. The minimum Gasteiger partial charge on any atom is -0.385 e. The number of aliphatic hydroxyl groups is 2. The van der Waals surface area contributed by atoms with Crippen molar-refractivity contribution in [1.82, 2.24) is 0 Å². The molecule has 15 heavy (non-hydrogen) atoms. The van der Waals surface area contributed by atoms with Gasteiger partial charge in [0, 0.05) is 5.56 Å². The van der Waals surface area contributed by atoms with Crippen LogP contribution >= 0.6 is 0 Å². The summed E-state index contributed by atoms with van der Waals surface area (Å²) in [4.78, 5) is 10.6. The topological polar surface area (TPSA) is 81.3 Å². The van der Waals surface area contributed by atoms with Crippen LogP contribution < -0.4 is 0 Å². The molecule has 0 aliphatic rings. The summed E-state index contributed by atoms with van der Waals surface area (Å²) in [6.45, 7) is 0. The van der Waals surface area contributed by atoms with Gasteiger partial charge in [0.2, 0.25) is 0 Å². The molecule has 1 rings (SSSR count). The fourth-order valence-corrected chi connectivity index (χ4v) is 1.16. The zero-order valence-corrected chi connectivity index (χ0v) is 7.59. The van der Waals surface area contributed by atoms with Gasteiger partial charge in [-0.2, -0.15) is 5.26 Å². The zero-order valence-electron chi connectivity index (χ0n) is 7.59. The third-order valence-corrected chi connectivity index (χ3v) is 1.93. The maximum absolute atomic E-state index is 12.7. The lowest BCUT2D eigenvalue weighted by molar-refractivity contribution is 0.0521. The van der Waals surface area contributed by atoms with Gasteiger partial charge in [0.1, 0.15) is 11.9 Å². The number of nitrogens with zero attached hydrogens (tertiary/aromatic N) is 1. The highest BCUT2D eigenvalue weighted by atomic mass is 19.1. The number of aliphatic hydroxyl groups excluding tert-OH is 2. The number of hydrogen-bond donors (Lipinski definition) is 2. The van der Waals surface area contributed by atoms with Crippen molar-refractivity contribution in [2.24, 2.45) is 0 Å². The van der Waals surface area contributed by atoms with E-state index >= 15 is 0 Å². The molecule has 0 amide bonds. The van der Waals surface area contributed by atoms with E-state index in [-0.39, 0.29) is 11.1 Å². The quantitative estimate of drug-likeness (QED) is 0.562. The van der Waals surface area contributed by atoms with Gasteiger partial charge in [0.25, 0.3) is 0 Å². The summed E-state index contributed by atoms with van der Waals surface area (Å²) in [5, 5.41) is 26.8. The first kappa shape index (κ1) is 11.3. The number of carbonyl (C=O) groups is 1. The molecule has 0 fully saturated rings. The molecule has 0 saturated carbocycles. The van der Waals surface area contributed by atoms with Gasteiger partial charge in [-0.25, -0.2) is 4.39 Å². The number of nitriles is 1. The molecule has 2 N–H and O–H groups in total. The Bertz CT molecular complexity index is 414. The lowest BCUT2D eigenvalue weighted by Crippen LogP contribution is -2.17. The molecule has 0 bridgehead atoms. The predicted molar refractivity (Wildman–Crippen MR) is 48.4 cm³/mol. The molecule has 1 aromatic rings. The summed E-state index contributed by atoms with van der Waals surface area (Å²) >= 11 is 0. The molecule has 0 saturated heterocycles. The van der Waals surface area contributed by atoms with Crippen LogP contribution in [0.4, 0.5) is 4.39 Å². The van der Waals surface area contributed by atoms with Crippen LogP contribution in [0.1, 0.15) is 22.0 Å². The van der Waals surface area contributed by atoms with Crippen LogP contribution in [-0.4, -0.2) is 22.6 Å². The Labute approximate surface area is 85.2 Å². The molecule has 4 nitrogen and oxygen atoms in total. The van der Waals surface area contributed by atoms with Gasteiger partial charge in [0.05, 0.1) is 6.07 Å². The average molecular weight is 209 g/mol. The van der Waals surface area contributed by atoms with Crippen LogP contribution in [0.5, 0.6) is 0 Å². The Hall–Kier alpha value is -1.77. The summed E-state index contributed by atoms with van der Waals surface area (Å²) < 4.78 is 12.7. The molecule has 0 aromatic heterocycles. The molecule has 0 spiro atoms. The minimum atomic E-state index is -1.64. The second-order valence-corrected chi connectivity index (χ2v) is 2.91. The third-order valence-electron chi connectivity index (χ3n) is 1.93. The van der Waals surface area contributed by atoms with Crippen LogP contribution in [-0.2, 0) is 0 Å². The number of carbonyl (C=O) groups excluding carboxylic acids is 1. The second-order valence-electron chi connectivity index (χ2n) is 2.91. The van der Waals surface area contributed by atoms with E-state index in [0.717, 1.165) is 18.2 Å². The van der Waals surface area contributed by atoms with Gasteiger partial charge < -0.3 is 10.2 Å². The summed E-state index contributed by atoms with van der Waals surface area (Å²) in [5.74, 6) is -0.625. The van der Waals surface area contributed by atoms with Crippen molar-refractivity contribution in [3.8, 4) is 6.07 Å². The van der Waals surface area contributed by atoms with E-state index in [0.29, 0.717) is 6.29 Å². The van der Waals surface area contributed by atoms with E-state index in [1.165, 1.54) is 6.07 Å². The molecule has 1 aromatic carbocycles. The van der Waals surface area contributed by atoms with Gasteiger partial charge in [-0.15, -0.1) is 0 Å². The van der Waals surface area contributed by atoms with Crippen LogP contribution in [0.3, 0.4) is 0 Å². The second kappa shape index (κ2) is 4.64. The number of halogens is 1. The highest BCUT2D eigenvalue weighted by molar-refractivity contribution is 5.77. The van der Waals surface area contributed by atoms with Crippen LogP contribution in [0.2, 0.25) is 0 Å². The highest BCUT2D eigenvalue weighted by Gasteiger charge is 2.20. The van der Waals surface area contributed by atoms with Gasteiger partial charge in [-0.1, -0.05) is 6.07 Å². The van der Waals surface area contributed by atoms with Crippen molar-refractivity contribution < 1.29 is 19.4 Å². The molecule has 0 radical (unpaired) electrons. The zero-order chi connectivity index (χ0) is 11.4. The van der Waals surface area contributed by atoms with Crippen molar-refractivity contribution in [3.63, 3.8) is 0 Å². The fraction of sp³-hybridized carbons (Fsp3) is 0.200. The van der Waals surface area contributed by atoms with E-state index < -0.39 is 18.0 Å². The molecular formula is C10H8FNO3. The van der Waals surface area contributed by atoms with Gasteiger partial charge in [-0.3, -0.25) is 4.79 Å². The van der Waals surface area contributed by atoms with Gasteiger partial charge in [-0.05, 0) is 17.7 Å². The Morgan fingerprint density at radius 3 is 2.67 bits per heavy atom. The summed E-state index contributed by atoms with van der Waals surface area (Å²) in [6.07, 6.45) is -2.81. The normalized spacial score (nSPS) is 14.0. The maximum Gasteiger partial charge on any atom is 0.170 e. The first-order valence-electron chi connectivity index (χ1n) is 4.10. The Morgan fingerprint density at radius 2 is 2.13 bits per heavy atom. The van der Waals surface area contributed by atoms with E-state index in [1.807, 2.05) is 0 Å². The Kier molecular flexibility index (Phi) is 3.50. The van der Waals surface area contributed by atoms with Gasteiger partial charge in [0.15, 0.2) is 12.4 Å². The first-order valence-corrected chi connectivity index (χ1v) is 4.10. The molecule has 5 heteroatoms. The van der Waals surface area contributed by atoms with Crippen LogP contribution in [0, 0.1) is 17.1 Å². The first-order chi connectivity index (χ1) is 7.10. The monoisotopic (exact) mass is 209 g/mol. The van der Waals surface area contributed by atoms with Crippen molar-refractivity contribution in [2.45, 2.75) is 12.2 Å². The molecule has 0 aliphatic heterocycles. The molecule has 78 valence electrons. The average Bonchev–Trinajstić information content (AvgIpc) is 2.26. The van der Waals surface area contributed by atoms with Crippen molar-refractivity contribution in [3.05, 3.63) is 35.1 Å².